The van der Waals surface area contributed by atoms with Gasteiger partial charge in [-0.25, -0.2) is 13.1 Å². The van der Waals surface area contributed by atoms with Gasteiger partial charge in [0.15, 0.2) is 0 Å². The molecule has 21 heavy (non-hydrogen) atoms. The molecule has 0 saturated carbocycles. The molecule has 3 unspecified atom stereocenters. The molecule has 0 radical (unpaired) electrons. The summed E-state index contributed by atoms with van der Waals surface area (Å²) >= 11 is 0. The smallest absolute Gasteiger partial charge is 0.240 e. The largest absolute Gasteiger partial charge is 0.324 e. The Morgan fingerprint density at radius 3 is 2.62 bits per heavy atom. The zero-order valence-corrected chi connectivity index (χ0v) is 14.3. The van der Waals surface area contributed by atoms with Crippen molar-refractivity contribution in [2.24, 2.45) is 5.73 Å². The minimum Gasteiger partial charge on any atom is -0.324 e. The first kappa shape index (κ1) is 18.3. The van der Waals surface area contributed by atoms with Crippen molar-refractivity contribution in [2.45, 2.75) is 43.7 Å². The number of hydrogen-bond acceptors (Lipinski definition) is 4. The standard InChI is InChI=1S/C14H24N2O3S2/c1-4-14(15)12-6-5-7-13(10-12)21(18,19)16-11(2)8-9-20(3)17/h5-7,10-11,14,16H,4,8-9,15H2,1-3H3. The van der Waals surface area contributed by atoms with Gasteiger partial charge in [-0.2, -0.15) is 0 Å². The van der Waals surface area contributed by atoms with Crippen LogP contribution in [0.1, 0.15) is 38.3 Å². The van der Waals surface area contributed by atoms with Crippen molar-refractivity contribution in [2.75, 3.05) is 12.0 Å². The second kappa shape index (κ2) is 8.03. The van der Waals surface area contributed by atoms with Gasteiger partial charge in [-0.05, 0) is 37.5 Å². The molecular formula is C14H24N2O3S2. The molecule has 7 heteroatoms. The third-order valence-electron chi connectivity index (χ3n) is 3.23. The number of sulfonamides is 1. The lowest BCUT2D eigenvalue weighted by atomic mass is 10.1. The fourth-order valence-electron chi connectivity index (χ4n) is 1.88. The second-order valence-electron chi connectivity index (χ2n) is 5.18. The van der Waals surface area contributed by atoms with Gasteiger partial charge in [0.25, 0.3) is 0 Å². The molecule has 0 aliphatic carbocycles. The lowest BCUT2D eigenvalue weighted by Crippen LogP contribution is -2.33. The second-order valence-corrected chi connectivity index (χ2v) is 8.44. The Labute approximate surface area is 129 Å². The first-order valence-corrected chi connectivity index (χ1v) is 10.1. The van der Waals surface area contributed by atoms with E-state index in [0.29, 0.717) is 12.2 Å². The summed E-state index contributed by atoms with van der Waals surface area (Å²) < 4.78 is 38.3. The van der Waals surface area contributed by atoms with Crippen LogP contribution in [-0.2, 0) is 20.8 Å². The van der Waals surface area contributed by atoms with Gasteiger partial charge in [-0.3, -0.25) is 4.21 Å². The third kappa shape index (κ3) is 5.86. The fraction of sp³-hybridized carbons (Fsp3) is 0.571. The quantitative estimate of drug-likeness (QED) is 0.755. The lowest BCUT2D eigenvalue weighted by molar-refractivity contribution is 0.555. The molecule has 1 aromatic carbocycles. The molecule has 120 valence electrons. The summed E-state index contributed by atoms with van der Waals surface area (Å²) in [5.74, 6) is 0.477. The summed E-state index contributed by atoms with van der Waals surface area (Å²) in [6.45, 7) is 3.73. The van der Waals surface area contributed by atoms with E-state index < -0.39 is 20.8 Å². The molecule has 5 nitrogen and oxygen atoms in total. The van der Waals surface area contributed by atoms with Gasteiger partial charge in [0.05, 0.1) is 4.90 Å². The van der Waals surface area contributed by atoms with Crippen LogP contribution in [0.3, 0.4) is 0 Å². The van der Waals surface area contributed by atoms with Crippen molar-refractivity contribution < 1.29 is 12.6 Å². The maximum Gasteiger partial charge on any atom is 0.240 e. The Morgan fingerprint density at radius 2 is 2.05 bits per heavy atom. The predicted octanol–water partition coefficient (Wildman–Crippen LogP) is 1.53. The molecule has 0 amide bonds. The van der Waals surface area contributed by atoms with Gasteiger partial charge < -0.3 is 5.73 Å². The Bertz CT molecular complexity index is 588. The minimum atomic E-state index is -3.58. The van der Waals surface area contributed by atoms with Gasteiger partial charge in [-0.1, -0.05) is 19.1 Å². The van der Waals surface area contributed by atoms with Crippen LogP contribution in [0.15, 0.2) is 29.2 Å². The van der Waals surface area contributed by atoms with E-state index in [4.69, 9.17) is 5.73 Å². The molecule has 3 N–H and O–H groups in total. The monoisotopic (exact) mass is 332 g/mol. The molecule has 0 fully saturated rings. The predicted molar refractivity (Wildman–Crippen MR) is 87.0 cm³/mol. The van der Waals surface area contributed by atoms with Crippen molar-refractivity contribution in [3.63, 3.8) is 0 Å². The molecule has 0 heterocycles. The van der Waals surface area contributed by atoms with Gasteiger partial charge in [0, 0.05) is 34.9 Å². The number of nitrogens with one attached hydrogen (secondary N) is 1. The summed E-state index contributed by atoms with van der Waals surface area (Å²) in [6, 6.07) is 6.27. The highest BCUT2D eigenvalue weighted by Gasteiger charge is 2.18. The molecule has 0 saturated heterocycles. The van der Waals surface area contributed by atoms with Crippen molar-refractivity contribution in [3.05, 3.63) is 29.8 Å². The van der Waals surface area contributed by atoms with Crippen molar-refractivity contribution in [1.29, 1.82) is 0 Å². The average molecular weight is 332 g/mol. The highest BCUT2D eigenvalue weighted by atomic mass is 32.2. The molecule has 0 bridgehead atoms. The summed E-state index contributed by atoms with van der Waals surface area (Å²) in [4.78, 5) is 0.216. The van der Waals surface area contributed by atoms with E-state index in [1.807, 2.05) is 13.0 Å². The molecule has 1 rings (SSSR count). The van der Waals surface area contributed by atoms with Gasteiger partial charge in [0.1, 0.15) is 0 Å². The lowest BCUT2D eigenvalue weighted by Gasteiger charge is -2.15. The molecule has 0 aliphatic heterocycles. The first-order chi connectivity index (χ1) is 9.76. The zero-order valence-electron chi connectivity index (χ0n) is 12.7. The molecular weight excluding hydrogens is 308 g/mol. The molecule has 1 aromatic rings. The van der Waals surface area contributed by atoms with Crippen LogP contribution >= 0.6 is 0 Å². The topological polar surface area (TPSA) is 89.3 Å². The molecule has 0 aliphatic rings. The van der Waals surface area contributed by atoms with E-state index in [9.17, 15) is 12.6 Å². The number of rotatable bonds is 8. The number of benzene rings is 1. The van der Waals surface area contributed by atoms with E-state index in [2.05, 4.69) is 4.72 Å². The van der Waals surface area contributed by atoms with Crippen molar-refractivity contribution >= 4 is 20.8 Å². The first-order valence-electron chi connectivity index (χ1n) is 6.94. The normalized spacial score (nSPS) is 16.4. The summed E-state index contributed by atoms with van der Waals surface area (Å²) in [7, 11) is -4.50. The van der Waals surface area contributed by atoms with Gasteiger partial charge in [0.2, 0.25) is 10.0 Å². The molecule has 3 atom stereocenters. The molecule has 0 spiro atoms. The van der Waals surface area contributed by atoms with Crippen LogP contribution in [0.25, 0.3) is 0 Å². The summed E-state index contributed by atoms with van der Waals surface area (Å²) in [5, 5.41) is 0. The Kier molecular flexibility index (Phi) is 6.99. The van der Waals surface area contributed by atoms with Crippen molar-refractivity contribution in [1.82, 2.24) is 4.72 Å². The maximum absolute atomic E-state index is 12.3. The molecule has 0 aromatic heterocycles. The number of nitrogens with two attached hydrogens (primary N) is 1. The third-order valence-corrected chi connectivity index (χ3v) is 5.63. The van der Waals surface area contributed by atoms with Crippen LogP contribution in [0.4, 0.5) is 0 Å². The van der Waals surface area contributed by atoms with Crippen LogP contribution in [0.5, 0.6) is 0 Å². The highest BCUT2D eigenvalue weighted by molar-refractivity contribution is 7.89. The zero-order chi connectivity index (χ0) is 16.0. The maximum atomic E-state index is 12.3. The highest BCUT2D eigenvalue weighted by Crippen LogP contribution is 2.18. The number of hydrogen-bond donors (Lipinski definition) is 2. The van der Waals surface area contributed by atoms with Gasteiger partial charge in [-0.15, -0.1) is 0 Å². The van der Waals surface area contributed by atoms with Crippen LogP contribution in [0, 0.1) is 0 Å². The van der Waals surface area contributed by atoms with E-state index in [-0.39, 0.29) is 17.0 Å². The average Bonchev–Trinajstić information content (AvgIpc) is 2.44. The summed E-state index contributed by atoms with van der Waals surface area (Å²) in [6.07, 6.45) is 2.89. The fourth-order valence-corrected chi connectivity index (χ4v) is 3.90. The summed E-state index contributed by atoms with van der Waals surface area (Å²) in [5.41, 5.74) is 6.75. The van der Waals surface area contributed by atoms with Crippen molar-refractivity contribution in [3.8, 4) is 0 Å². The van der Waals surface area contributed by atoms with E-state index in [1.165, 1.54) is 0 Å². The van der Waals surface area contributed by atoms with E-state index in [0.717, 1.165) is 12.0 Å². The van der Waals surface area contributed by atoms with Gasteiger partial charge >= 0.3 is 0 Å². The Morgan fingerprint density at radius 1 is 1.38 bits per heavy atom. The van der Waals surface area contributed by atoms with Crippen LogP contribution in [0.2, 0.25) is 0 Å². The SMILES string of the molecule is CCC(N)c1cccc(S(=O)(=O)NC(C)CCS(C)=O)c1. The minimum absolute atomic E-state index is 0.167. The van der Waals surface area contributed by atoms with Crippen LogP contribution < -0.4 is 10.5 Å². The Balaban J connectivity index is 2.85. The van der Waals surface area contributed by atoms with E-state index in [1.54, 1.807) is 31.4 Å². The van der Waals surface area contributed by atoms with Crippen LogP contribution in [-0.4, -0.2) is 30.7 Å². The Hall–Kier alpha value is -0.760. The van der Waals surface area contributed by atoms with E-state index >= 15 is 0 Å².